The zero-order chi connectivity index (χ0) is 12.1. The van der Waals surface area contributed by atoms with Crippen LogP contribution < -0.4 is 5.73 Å². The molecule has 1 aliphatic rings. The molecule has 0 aliphatic carbocycles. The summed E-state index contributed by atoms with van der Waals surface area (Å²) in [6, 6.07) is 7.80. The lowest BCUT2D eigenvalue weighted by Gasteiger charge is -2.27. The summed E-state index contributed by atoms with van der Waals surface area (Å²) in [6.07, 6.45) is 0.768. The zero-order valence-corrected chi connectivity index (χ0v) is 10.7. The number of hydrogen-bond acceptors (Lipinski definition) is 3. The lowest BCUT2D eigenvalue weighted by atomic mass is 10.0. The van der Waals surface area contributed by atoms with Crippen molar-refractivity contribution < 1.29 is 4.79 Å². The fraction of sp³-hybridized carbons (Fsp3) is 0.462. The van der Waals surface area contributed by atoms with Crippen LogP contribution in [0.4, 0.5) is 0 Å². The Morgan fingerprint density at radius 1 is 1.29 bits per heavy atom. The van der Waals surface area contributed by atoms with Gasteiger partial charge in [0.25, 0.3) is 5.91 Å². The van der Waals surface area contributed by atoms with Gasteiger partial charge in [-0.15, -0.1) is 0 Å². The highest BCUT2D eigenvalue weighted by atomic mass is 32.2. The Balaban J connectivity index is 2.17. The molecule has 1 aromatic rings. The number of rotatable bonds is 3. The summed E-state index contributed by atoms with van der Waals surface area (Å²) in [7, 11) is 0. The second-order valence-electron chi connectivity index (χ2n) is 4.10. The molecule has 2 rings (SSSR count). The lowest BCUT2D eigenvalue weighted by Crippen LogP contribution is -2.38. The first-order valence-electron chi connectivity index (χ1n) is 5.98. The highest BCUT2D eigenvalue weighted by Crippen LogP contribution is 2.16. The number of amides is 1. The summed E-state index contributed by atoms with van der Waals surface area (Å²) >= 11 is 1.91. The third-order valence-corrected chi connectivity index (χ3v) is 3.90. The topological polar surface area (TPSA) is 46.3 Å². The molecule has 0 atom stereocenters. The number of benzene rings is 1. The van der Waals surface area contributed by atoms with Crippen molar-refractivity contribution in [2.75, 3.05) is 31.1 Å². The fourth-order valence-corrected chi connectivity index (χ4v) is 2.94. The van der Waals surface area contributed by atoms with E-state index in [1.54, 1.807) is 0 Å². The maximum Gasteiger partial charge on any atom is 0.254 e. The average Bonchev–Trinajstić information content (AvgIpc) is 2.40. The van der Waals surface area contributed by atoms with Crippen LogP contribution in [-0.2, 0) is 6.42 Å². The molecule has 1 fully saturated rings. The molecule has 92 valence electrons. The number of thioether (sulfide) groups is 1. The summed E-state index contributed by atoms with van der Waals surface area (Å²) < 4.78 is 0. The van der Waals surface area contributed by atoms with Crippen molar-refractivity contribution in [2.24, 2.45) is 5.73 Å². The van der Waals surface area contributed by atoms with Gasteiger partial charge in [-0.05, 0) is 24.6 Å². The molecule has 1 saturated heterocycles. The first-order valence-corrected chi connectivity index (χ1v) is 7.13. The maximum atomic E-state index is 12.4. The first-order chi connectivity index (χ1) is 8.33. The predicted molar refractivity (Wildman–Crippen MR) is 72.4 cm³/mol. The lowest BCUT2D eigenvalue weighted by molar-refractivity contribution is 0.0771. The van der Waals surface area contributed by atoms with E-state index < -0.39 is 0 Å². The molecule has 17 heavy (non-hydrogen) atoms. The van der Waals surface area contributed by atoms with Gasteiger partial charge < -0.3 is 10.6 Å². The van der Waals surface area contributed by atoms with Crippen molar-refractivity contribution in [3.63, 3.8) is 0 Å². The Morgan fingerprint density at radius 2 is 2.00 bits per heavy atom. The Bertz CT molecular complexity index is 389. The molecular weight excluding hydrogens is 232 g/mol. The molecule has 0 saturated carbocycles. The van der Waals surface area contributed by atoms with Gasteiger partial charge in [0.1, 0.15) is 0 Å². The van der Waals surface area contributed by atoms with Gasteiger partial charge in [-0.1, -0.05) is 18.2 Å². The van der Waals surface area contributed by atoms with Gasteiger partial charge in [0.15, 0.2) is 0 Å². The quantitative estimate of drug-likeness (QED) is 0.881. The normalized spacial score (nSPS) is 15.9. The molecule has 0 bridgehead atoms. The van der Waals surface area contributed by atoms with E-state index in [9.17, 15) is 4.79 Å². The van der Waals surface area contributed by atoms with Crippen LogP contribution in [-0.4, -0.2) is 41.9 Å². The van der Waals surface area contributed by atoms with Crippen molar-refractivity contribution in [3.05, 3.63) is 35.4 Å². The van der Waals surface area contributed by atoms with Crippen molar-refractivity contribution >= 4 is 17.7 Å². The monoisotopic (exact) mass is 250 g/mol. The molecule has 4 heteroatoms. The van der Waals surface area contributed by atoms with E-state index in [0.717, 1.165) is 42.1 Å². The van der Waals surface area contributed by atoms with Gasteiger partial charge >= 0.3 is 0 Å². The summed E-state index contributed by atoms with van der Waals surface area (Å²) in [5, 5.41) is 0. The summed E-state index contributed by atoms with van der Waals surface area (Å²) in [5.74, 6) is 2.25. The first kappa shape index (κ1) is 12.5. The Labute approximate surface area is 106 Å². The van der Waals surface area contributed by atoms with Gasteiger partial charge in [-0.2, -0.15) is 11.8 Å². The molecule has 3 nitrogen and oxygen atoms in total. The van der Waals surface area contributed by atoms with E-state index in [1.807, 2.05) is 40.9 Å². The third-order valence-electron chi connectivity index (χ3n) is 2.96. The molecular formula is C13H18N2OS. The van der Waals surface area contributed by atoms with E-state index in [0.29, 0.717) is 6.54 Å². The largest absolute Gasteiger partial charge is 0.337 e. The number of nitrogens with zero attached hydrogens (tertiary/aromatic N) is 1. The van der Waals surface area contributed by atoms with E-state index in [1.165, 1.54) is 0 Å². The Kier molecular flexibility index (Phi) is 4.45. The number of carbonyl (C=O) groups is 1. The van der Waals surface area contributed by atoms with Crippen molar-refractivity contribution in [2.45, 2.75) is 6.42 Å². The van der Waals surface area contributed by atoms with Crippen LogP contribution in [0.3, 0.4) is 0 Å². The van der Waals surface area contributed by atoms with Gasteiger partial charge in [0, 0.05) is 30.2 Å². The maximum absolute atomic E-state index is 12.4. The van der Waals surface area contributed by atoms with Crippen LogP contribution in [0.1, 0.15) is 15.9 Å². The van der Waals surface area contributed by atoms with E-state index in [4.69, 9.17) is 5.73 Å². The SMILES string of the molecule is NCCc1ccccc1C(=O)N1CCSCC1. The molecule has 1 heterocycles. The molecule has 1 aliphatic heterocycles. The fourth-order valence-electron chi connectivity index (χ4n) is 2.04. The molecule has 2 N–H and O–H groups in total. The minimum absolute atomic E-state index is 0.161. The summed E-state index contributed by atoms with van der Waals surface area (Å²) in [5.41, 5.74) is 7.47. The third kappa shape index (κ3) is 3.01. The minimum atomic E-state index is 0.161. The zero-order valence-electron chi connectivity index (χ0n) is 9.89. The average molecular weight is 250 g/mol. The van der Waals surface area contributed by atoms with Crippen LogP contribution >= 0.6 is 11.8 Å². The second kappa shape index (κ2) is 6.07. The molecule has 0 aromatic heterocycles. The number of hydrogen-bond donors (Lipinski definition) is 1. The van der Waals surface area contributed by atoms with Crippen molar-refractivity contribution in [1.29, 1.82) is 0 Å². The van der Waals surface area contributed by atoms with Crippen LogP contribution in [0.25, 0.3) is 0 Å². The molecule has 0 unspecified atom stereocenters. The highest BCUT2D eigenvalue weighted by Gasteiger charge is 2.20. The van der Waals surface area contributed by atoms with Crippen molar-refractivity contribution in [3.8, 4) is 0 Å². The second-order valence-corrected chi connectivity index (χ2v) is 5.33. The van der Waals surface area contributed by atoms with E-state index in [2.05, 4.69) is 0 Å². The van der Waals surface area contributed by atoms with E-state index >= 15 is 0 Å². The van der Waals surface area contributed by atoms with Crippen molar-refractivity contribution in [1.82, 2.24) is 4.90 Å². The van der Waals surface area contributed by atoms with Gasteiger partial charge in [-0.25, -0.2) is 0 Å². The van der Waals surface area contributed by atoms with Crippen LogP contribution in [0.15, 0.2) is 24.3 Å². The summed E-state index contributed by atoms with van der Waals surface area (Å²) in [4.78, 5) is 14.3. The molecule has 0 spiro atoms. The van der Waals surface area contributed by atoms with Crippen LogP contribution in [0, 0.1) is 0 Å². The summed E-state index contributed by atoms with van der Waals surface area (Å²) in [6.45, 7) is 2.31. The van der Waals surface area contributed by atoms with E-state index in [-0.39, 0.29) is 5.91 Å². The smallest absolute Gasteiger partial charge is 0.254 e. The Morgan fingerprint density at radius 3 is 2.71 bits per heavy atom. The minimum Gasteiger partial charge on any atom is -0.337 e. The predicted octanol–water partition coefficient (Wildman–Crippen LogP) is 1.38. The van der Waals surface area contributed by atoms with Gasteiger partial charge in [0.05, 0.1) is 0 Å². The number of nitrogens with two attached hydrogens (primary N) is 1. The standard InChI is InChI=1S/C13H18N2OS/c14-6-5-11-3-1-2-4-12(11)13(16)15-7-9-17-10-8-15/h1-4H,5-10,14H2. The van der Waals surface area contributed by atoms with Crippen LogP contribution in [0.2, 0.25) is 0 Å². The molecule has 1 amide bonds. The Hall–Kier alpha value is -1.00. The number of carbonyl (C=O) groups excluding carboxylic acids is 1. The molecule has 0 radical (unpaired) electrons. The van der Waals surface area contributed by atoms with Crippen LogP contribution in [0.5, 0.6) is 0 Å². The van der Waals surface area contributed by atoms with Gasteiger partial charge in [-0.3, -0.25) is 4.79 Å². The van der Waals surface area contributed by atoms with Gasteiger partial charge in [0.2, 0.25) is 0 Å². The molecule has 1 aromatic carbocycles. The highest BCUT2D eigenvalue weighted by molar-refractivity contribution is 7.99.